The van der Waals surface area contributed by atoms with Crippen molar-refractivity contribution in [1.82, 2.24) is 10.3 Å². The zero-order valence-electron chi connectivity index (χ0n) is 25.4. The number of esters is 1. The van der Waals surface area contributed by atoms with Gasteiger partial charge in [-0.25, -0.2) is 4.39 Å². The Labute approximate surface area is 232 Å². The summed E-state index contributed by atoms with van der Waals surface area (Å²) in [4.78, 5) is 18.0. The van der Waals surface area contributed by atoms with Crippen molar-refractivity contribution < 1.29 is 18.7 Å². The summed E-state index contributed by atoms with van der Waals surface area (Å²) in [6.45, 7) is 16.8. The minimum atomic E-state index is -1.44. The van der Waals surface area contributed by atoms with Gasteiger partial charge in [0.05, 0.1) is 12.5 Å². The number of methoxy groups -OCH3 is 1. The van der Waals surface area contributed by atoms with Crippen LogP contribution in [-0.2, 0) is 20.7 Å². The quantitative estimate of drug-likeness (QED) is 0.240. The van der Waals surface area contributed by atoms with Gasteiger partial charge in [-0.05, 0) is 107 Å². The lowest BCUT2D eigenvalue weighted by Crippen LogP contribution is -2.32. The molecule has 2 unspecified atom stereocenters. The molecule has 0 amide bonds. The maximum Gasteiger partial charge on any atom is 0.309 e. The van der Waals surface area contributed by atoms with Crippen molar-refractivity contribution in [3.8, 4) is 0 Å². The van der Waals surface area contributed by atoms with Gasteiger partial charge in [0.1, 0.15) is 11.8 Å². The predicted molar refractivity (Wildman–Crippen MR) is 154 cm³/mol. The first-order chi connectivity index (χ1) is 17.8. The van der Waals surface area contributed by atoms with Crippen molar-refractivity contribution in [3.63, 3.8) is 0 Å². The normalized spacial score (nSPS) is 18.6. The lowest BCUT2D eigenvalue weighted by atomic mass is 9.80. The van der Waals surface area contributed by atoms with Crippen LogP contribution in [0.3, 0.4) is 0 Å². The SMILES string of the molecule is COC[C@@H](Cc1ccc(C2CCNCC2)cn1)OC(=O)[C@@H](CCC(C)C(C)CCC(C)(C)C)CC(C)(C)F. The Morgan fingerprint density at radius 1 is 1.08 bits per heavy atom. The van der Waals surface area contributed by atoms with E-state index in [-0.39, 0.29) is 19.0 Å². The van der Waals surface area contributed by atoms with Crippen LogP contribution in [-0.4, -0.2) is 49.5 Å². The summed E-state index contributed by atoms with van der Waals surface area (Å²) in [5.74, 6) is 0.784. The Balaban J connectivity index is 1.99. The number of pyridine rings is 1. The second-order valence-electron chi connectivity index (χ2n) is 13.6. The number of hydrogen-bond donors (Lipinski definition) is 1. The number of aromatic nitrogens is 1. The Bertz CT molecular complexity index is 809. The summed E-state index contributed by atoms with van der Waals surface area (Å²) in [5.41, 5.74) is 1.03. The number of halogens is 1. The van der Waals surface area contributed by atoms with E-state index in [1.165, 1.54) is 12.0 Å². The van der Waals surface area contributed by atoms with E-state index in [1.807, 2.05) is 12.3 Å². The van der Waals surface area contributed by atoms with E-state index in [0.29, 0.717) is 36.0 Å². The van der Waals surface area contributed by atoms with E-state index in [4.69, 9.17) is 9.47 Å². The summed E-state index contributed by atoms with van der Waals surface area (Å²) in [6, 6.07) is 4.19. The molecule has 38 heavy (non-hydrogen) atoms. The van der Waals surface area contributed by atoms with Gasteiger partial charge in [-0.1, -0.05) is 40.7 Å². The molecule has 0 saturated carbocycles. The second-order valence-corrected chi connectivity index (χ2v) is 13.6. The first-order valence-electron chi connectivity index (χ1n) is 14.8. The van der Waals surface area contributed by atoms with Gasteiger partial charge < -0.3 is 14.8 Å². The molecule has 1 aliphatic heterocycles. The Hall–Kier alpha value is -1.53. The van der Waals surface area contributed by atoms with Crippen molar-refractivity contribution in [3.05, 3.63) is 29.6 Å². The summed E-state index contributed by atoms with van der Waals surface area (Å²) in [5, 5.41) is 3.40. The number of rotatable bonds is 15. The summed E-state index contributed by atoms with van der Waals surface area (Å²) in [7, 11) is 1.61. The number of piperidine rings is 1. The highest BCUT2D eigenvalue weighted by Crippen LogP contribution is 2.32. The van der Waals surface area contributed by atoms with Gasteiger partial charge in [0.15, 0.2) is 0 Å². The van der Waals surface area contributed by atoms with Crippen LogP contribution in [0.1, 0.15) is 111 Å². The molecule has 4 atom stereocenters. The van der Waals surface area contributed by atoms with Crippen LogP contribution < -0.4 is 5.32 Å². The molecule has 1 fully saturated rings. The molecular weight excluding hydrogens is 479 g/mol. The Kier molecular flexibility index (Phi) is 13.2. The van der Waals surface area contributed by atoms with Gasteiger partial charge >= 0.3 is 5.97 Å². The van der Waals surface area contributed by atoms with Crippen molar-refractivity contribution in [2.24, 2.45) is 23.2 Å². The molecule has 6 heteroatoms. The molecule has 1 aliphatic rings. The van der Waals surface area contributed by atoms with Gasteiger partial charge in [-0.15, -0.1) is 0 Å². The highest BCUT2D eigenvalue weighted by atomic mass is 19.1. The fourth-order valence-electron chi connectivity index (χ4n) is 5.35. The molecule has 1 saturated heterocycles. The molecule has 218 valence electrons. The number of carbonyl (C=O) groups excluding carboxylic acids is 1. The van der Waals surface area contributed by atoms with Gasteiger partial charge in [-0.3, -0.25) is 9.78 Å². The van der Waals surface area contributed by atoms with Gasteiger partial charge in [-0.2, -0.15) is 0 Å². The molecule has 0 aliphatic carbocycles. The molecule has 1 aromatic rings. The Morgan fingerprint density at radius 2 is 1.74 bits per heavy atom. The number of carbonyl (C=O) groups is 1. The molecule has 0 radical (unpaired) electrons. The third-order valence-corrected chi connectivity index (χ3v) is 8.09. The average Bonchev–Trinajstić information content (AvgIpc) is 2.84. The van der Waals surface area contributed by atoms with E-state index < -0.39 is 17.7 Å². The monoisotopic (exact) mass is 534 g/mol. The maximum atomic E-state index is 14.7. The van der Waals surface area contributed by atoms with Crippen LogP contribution in [0.4, 0.5) is 4.39 Å². The summed E-state index contributed by atoms with van der Waals surface area (Å²) >= 11 is 0. The smallest absolute Gasteiger partial charge is 0.309 e. The van der Waals surface area contributed by atoms with E-state index >= 15 is 0 Å². The van der Waals surface area contributed by atoms with Crippen molar-refractivity contribution >= 4 is 5.97 Å². The molecule has 0 aromatic carbocycles. The molecular formula is C32H55FN2O3. The minimum Gasteiger partial charge on any atom is -0.459 e. The zero-order valence-corrected chi connectivity index (χ0v) is 25.4. The average molecular weight is 535 g/mol. The predicted octanol–water partition coefficient (Wildman–Crippen LogP) is 7.28. The van der Waals surface area contributed by atoms with E-state index in [9.17, 15) is 9.18 Å². The fraction of sp³-hybridized carbons (Fsp3) is 0.812. The van der Waals surface area contributed by atoms with Crippen molar-refractivity contribution in [1.29, 1.82) is 0 Å². The van der Waals surface area contributed by atoms with Crippen molar-refractivity contribution in [2.45, 2.75) is 118 Å². The summed E-state index contributed by atoms with van der Waals surface area (Å²) < 4.78 is 26.0. The van der Waals surface area contributed by atoms with Crippen molar-refractivity contribution in [2.75, 3.05) is 26.8 Å². The Morgan fingerprint density at radius 3 is 2.29 bits per heavy atom. The third-order valence-electron chi connectivity index (χ3n) is 8.09. The van der Waals surface area contributed by atoms with Gasteiger partial charge in [0, 0.05) is 25.4 Å². The molecule has 0 bridgehead atoms. The lowest BCUT2D eigenvalue weighted by Gasteiger charge is -2.28. The number of nitrogens with zero attached hydrogens (tertiary/aromatic N) is 1. The van der Waals surface area contributed by atoms with E-state index in [0.717, 1.165) is 44.5 Å². The highest BCUT2D eigenvalue weighted by Gasteiger charge is 2.31. The largest absolute Gasteiger partial charge is 0.459 e. The minimum absolute atomic E-state index is 0.165. The van der Waals surface area contributed by atoms with Crippen LogP contribution in [0.15, 0.2) is 18.3 Å². The summed E-state index contributed by atoms with van der Waals surface area (Å²) in [6.07, 6.45) is 8.28. The molecule has 0 spiro atoms. The molecule has 1 aromatic heterocycles. The number of ether oxygens (including phenoxy) is 2. The lowest BCUT2D eigenvalue weighted by molar-refractivity contribution is -0.158. The van der Waals surface area contributed by atoms with Crippen LogP contribution in [0, 0.1) is 23.2 Å². The van der Waals surface area contributed by atoms with Crippen LogP contribution in [0.5, 0.6) is 0 Å². The zero-order chi connectivity index (χ0) is 28.3. The maximum absolute atomic E-state index is 14.7. The number of hydrogen-bond acceptors (Lipinski definition) is 5. The molecule has 1 N–H and O–H groups in total. The van der Waals surface area contributed by atoms with E-state index in [2.05, 4.69) is 51.0 Å². The second kappa shape index (κ2) is 15.3. The number of nitrogens with one attached hydrogen (secondary N) is 1. The molecule has 5 nitrogen and oxygen atoms in total. The molecule has 2 heterocycles. The van der Waals surface area contributed by atoms with Crippen LogP contribution in [0.25, 0.3) is 0 Å². The fourth-order valence-corrected chi connectivity index (χ4v) is 5.35. The first kappa shape index (κ1) is 32.7. The molecule has 2 rings (SSSR count). The number of alkyl halides is 1. The van der Waals surface area contributed by atoms with Crippen LogP contribution in [0.2, 0.25) is 0 Å². The van der Waals surface area contributed by atoms with Gasteiger partial charge in [0.25, 0.3) is 0 Å². The van der Waals surface area contributed by atoms with Gasteiger partial charge in [0.2, 0.25) is 0 Å². The van der Waals surface area contributed by atoms with E-state index in [1.54, 1.807) is 21.0 Å². The van der Waals surface area contributed by atoms with Crippen LogP contribution >= 0.6 is 0 Å². The highest BCUT2D eigenvalue weighted by molar-refractivity contribution is 5.72. The topological polar surface area (TPSA) is 60.4 Å². The standard InChI is InChI=1S/C32H55FN2O3/c1-23(24(2)13-16-31(3,4)5)9-10-26(20-32(6,7)33)30(36)38-29(22-37-8)19-28-12-11-27(21-35-28)25-14-17-34-18-15-25/h11-12,21,23-26,29,34H,9-10,13-20,22H2,1-8H3/t23?,24?,26-,29+/m0/s1. The third kappa shape index (κ3) is 12.5. The first-order valence-corrected chi connectivity index (χ1v) is 14.8.